The van der Waals surface area contributed by atoms with Crippen molar-refractivity contribution in [1.82, 2.24) is 59.8 Å². The standard InChI is InChI=1S/C39H26N12O/c52-35(33-7-3-1-5-27(33)9-25-11-29(36-44-17-40-18-45-36)15-30(12-25)37-46-19-41-20-47-37)34-8-4-2-6-28(34)10-26-13-31(38-48-21-42-22-49-38)16-32(14-26)39-50-23-43-24-51-39/h1-8,11-24H,9-10H2. The first-order chi connectivity index (χ1) is 25.7. The van der Waals surface area contributed by atoms with Gasteiger partial charge in [0.25, 0.3) is 0 Å². The number of hydrogen-bond donors (Lipinski definition) is 0. The Bertz CT molecular complexity index is 2200. The van der Waals surface area contributed by atoms with Crippen LogP contribution in [-0.2, 0) is 12.8 Å². The minimum Gasteiger partial charge on any atom is -0.289 e. The topological polar surface area (TPSA) is 172 Å². The SMILES string of the molecule is O=C(c1ccccc1Cc1cc(-c2ncncn2)cc(-c2ncncn2)c1)c1ccccc1Cc1cc(-c2ncncn2)cc(-c2ncncn2)c1. The molecule has 0 aliphatic rings. The highest BCUT2D eigenvalue weighted by molar-refractivity contribution is 6.11. The van der Waals surface area contributed by atoms with Gasteiger partial charge in [-0.05, 0) is 71.5 Å². The van der Waals surface area contributed by atoms with E-state index in [1.54, 1.807) is 0 Å². The summed E-state index contributed by atoms with van der Waals surface area (Å²) >= 11 is 0. The molecule has 0 unspecified atom stereocenters. The fraction of sp³-hybridized carbons (Fsp3) is 0.0513. The second-order valence-electron chi connectivity index (χ2n) is 11.7. The number of benzene rings is 4. The summed E-state index contributed by atoms with van der Waals surface area (Å²) in [5.74, 6) is 1.99. The molecule has 0 aliphatic heterocycles. The lowest BCUT2D eigenvalue weighted by Gasteiger charge is -2.14. The first-order valence-corrected chi connectivity index (χ1v) is 16.2. The highest BCUT2D eigenvalue weighted by atomic mass is 16.1. The van der Waals surface area contributed by atoms with Crippen molar-refractivity contribution in [2.45, 2.75) is 12.8 Å². The molecule has 0 N–H and O–H groups in total. The van der Waals surface area contributed by atoms with Crippen LogP contribution in [0.15, 0.2) is 136 Å². The van der Waals surface area contributed by atoms with E-state index < -0.39 is 0 Å². The van der Waals surface area contributed by atoms with E-state index in [-0.39, 0.29) is 5.78 Å². The van der Waals surface area contributed by atoms with Gasteiger partial charge in [-0.1, -0.05) is 48.5 Å². The van der Waals surface area contributed by atoms with Gasteiger partial charge in [0.1, 0.15) is 50.6 Å². The molecular weight excluding hydrogens is 653 g/mol. The van der Waals surface area contributed by atoms with Gasteiger partial charge in [-0.25, -0.2) is 59.8 Å². The van der Waals surface area contributed by atoms with Gasteiger partial charge in [-0.3, -0.25) is 4.79 Å². The Hall–Kier alpha value is -7.41. The third-order valence-corrected chi connectivity index (χ3v) is 8.31. The van der Waals surface area contributed by atoms with Crippen molar-refractivity contribution in [3.63, 3.8) is 0 Å². The molecule has 248 valence electrons. The van der Waals surface area contributed by atoms with Crippen molar-refractivity contribution in [3.05, 3.63) is 169 Å². The molecule has 0 spiro atoms. The fourth-order valence-corrected chi connectivity index (χ4v) is 6.03. The Kier molecular flexibility index (Phi) is 8.94. The lowest BCUT2D eigenvalue weighted by molar-refractivity contribution is 0.103. The van der Waals surface area contributed by atoms with E-state index in [1.165, 1.54) is 50.6 Å². The molecule has 4 aromatic heterocycles. The highest BCUT2D eigenvalue weighted by Crippen LogP contribution is 2.29. The summed E-state index contributed by atoms with van der Waals surface area (Å²) in [5, 5.41) is 0. The average Bonchev–Trinajstić information content (AvgIpc) is 3.22. The summed E-state index contributed by atoms with van der Waals surface area (Å²) in [4.78, 5) is 65.2. The van der Waals surface area contributed by atoms with Gasteiger partial charge < -0.3 is 0 Å². The summed E-state index contributed by atoms with van der Waals surface area (Å²) in [7, 11) is 0. The van der Waals surface area contributed by atoms with Crippen LogP contribution in [0.4, 0.5) is 0 Å². The van der Waals surface area contributed by atoms with Crippen LogP contribution in [0.3, 0.4) is 0 Å². The van der Waals surface area contributed by atoms with Crippen LogP contribution >= 0.6 is 0 Å². The summed E-state index contributed by atoms with van der Waals surface area (Å²) in [5.41, 5.74) is 7.92. The summed E-state index contributed by atoms with van der Waals surface area (Å²) < 4.78 is 0. The van der Waals surface area contributed by atoms with E-state index in [1.807, 2.05) is 84.9 Å². The molecule has 0 bridgehead atoms. The average molecular weight is 679 g/mol. The molecule has 4 heterocycles. The maximum absolute atomic E-state index is 14.5. The molecule has 0 saturated carbocycles. The molecule has 0 atom stereocenters. The maximum atomic E-state index is 14.5. The number of aromatic nitrogens is 12. The van der Waals surface area contributed by atoms with Crippen molar-refractivity contribution >= 4 is 5.78 Å². The van der Waals surface area contributed by atoms with Crippen molar-refractivity contribution in [1.29, 1.82) is 0 Å². The van der Waals surface area contributed by atoms with Gasteiger partial charge >= 0.3 is 0 Å². The molecule has 0 radical (unpaired) electrons. The molecule has 52 heavy (non-hydrogen) atoms. The van der Waals surface area contributed by atoms with Crippen LogP contribution in [0.5, 0.6) is 0 Å². The van der Waals surface area contributed by atoms with Gasteiger partial charge in [0.05, 0.1) is 0 Å². The van der Waals surface area contributed by atoms with Crippen LogP contribution in [-0.4, -0.2) is 65.6 Å². The lowest BCUT2D eigenvalue weighted by atomic mass is 9.89. The van der Waals surface area contributed by atoms with Gasteiger partial charge in [-0.2, -0.15) is 0 Å². The van der Waals surface area contributed by atoms with Gasteiger partial charge in [-0.15, -0.1) is 0 Å². The normalized spacial score (nSPS) is 10.9. The number of hydrogen-bond acceptors (Lipinski definition) is 13. The molecule has 0 aliphatic carbocycles. The third kappa shape index (κ3) is 7.00. The maximum Gasteiger partial charge on any atom is 0.193 e. The monoisotopic (exact) mass is 678 g/mol. The Morgan fingerprint density at radius 1 is 0.385 bits per heavy atom. The second-order valence-corrected chi connectivity index (χ2v) is 11.7. The molecule has 0 fully saturated rings. The largest absolute Gasteiger partial charge is 0.289 e. The Morgan fingerprint density at radius 3 is 0.981 bits per heavy atom. The van der Waals surface area contributed by atoms with Gasteiger partial charge in [0, 0.05) is 33.4 Å². The second kappa shape index (κ2) is 14.6. The zero-order valence-electron chi connectivity index (χ0n) is 27.4. The van der Waals surface area contributed by atoms with E-state index in [0.29, 0.717) is 47.3 Å². The summed E-state index contributed by atoms with van der Waals surface area (Å²) in [6, 6.07) is 27.3. The van der Waals surface area contributed by atoms with Gasteiger partial charge in [0.15, 0.2) is 29.1 Å². The molecule has 8 rings (SSSR count). The number of rotatable bonds is 10. The minimum atomic E-state index is -0.0798. The van der Waals surface area contributed by atoms with E-state index in [4.69, 9.17) is 0 Å². The van der Waals surface area contributed by atoms with Crippen molar-refractivity contribution in [3.8, 4) is 45.6 Å². The third-order valence-electron chi connectivity index (χ3n) is 8.31. The van der Waals surface area contributed by atoms with Gasteiger partial charge in [0.2, 0.25) is 0 Å². The van der Waals surface area contributed by atoms with Crippen LogP contribution < -0.4 is 0 Å². The molecular formula is C39H26N12O. The number of carbonyl (C=O) groups is 1. The predicted molar refractivity (Wildman–Crippen MR) is 190 cm³/mol. The van der Waals surface area contributed by atoms with E-state index >= 15 is 0 Å². The fourth-order valence-electron chi connectivity index (χ4n) is 6.03. The lowest BCUT2D eigenvalue weighted by Crippen LogP contribution is -2.09. The number of ketones is 1. The van der Waals surface area contributed by atoms with Crippen molar-refractivity contribution in [2.75, 3.05) is 0 Å². The smallest absolute Gasteiger partial charge is 0.193 e. The van der Waals surface area contributed by atoms with Crippen molar-refractivity contribution < 1.29 is 4.79 Å². The molecule has 0 amide bonds. The molecule has 8 aromatic rings. The van der Waals surface area contributed by atoms with E-state index in [9.17, 15) is 4.79 Å². The van der Waals surface area contributed by atoms with Crippen LogP contribution in [0.1, 0.15) is 38.2 Å². The number of nitrogens with zero attached hydrogens (tertiary/aromatic N) is 12. The highest BCUT2D eigenvalue weighted by Gasteiger charge is 2.19. The quantitative estimate of drug-likeness (QED) is 0.166. The summed E-state index contributed by atoms with van der Waals surface area (Å²) in [6.07, 6.45) is 12.6. The van der Waals surface area contributed by atoms with Crippen LogP contribution in [0.25, 0.3) is 45.6 Å². The van der Waals surface area contributed by atoms with Crippen molar-refractivity contribution in [2.24, 2.45) is 0 Å². The molecule has 13 heteroatoms. The van der Waals surface area contributed by atoms with E-state index in [0.717, 1.165) is 44.5 Å². The predicted octanol–water partition coefficient (Wildman–Crippen LogP) is 5.51. The Labute approximate surface area is 297 Å². The molecule has 13 nitrogen and oxygen atoms in total. The van der Waals surface area contributed by atoms with E-state index in [2.05, 4.69) is 59.8 Å². The zero-order chi connectivity index (χ0) is 35.1. The first-order valence-electron chi connectivity index (χ1n) is 16.2. The molecule has 0 saturated heterocycles. The van der Waals surface area contributed by atoms with Crippen LogP contribution in [0.2, 0.25) is 0 Å². The Balaban J connectivity index is 1.15. The Morgan fingerprint density at radius 2 is 0.673 bits per heavy atom. The van der Waals surface area contributed by atoms with Crippen LogP contribution in [0, 0.1) is 0 Å². The number of carbonyl (C=O) groups excluding carboxylic acids is 1. The minimum absolute atomic E-state index is 0.0798. The summed E-state index contributed by atoms with van der Waals surface area (Å²) in [6.45, 7) is 0. The zero-order valence-corrected chi connectivity index (χ0v) is 27.4. The molecule has 4 aromatic carbocycles. The first kappa shape index (κ1) is 31.8.